The first kappa shape index (κ1) is 9.92. The van der Waals surface area contributed by atoms with E-state index < -0.39 is 24.1 Å². The predicted octanol–water partition coefficient (Wildman–Crippen LogP) is -0.120. The van der Waals surface area contributed by atoms with Crippen molar-refractivity contribution >= 4 is 0 Å². The molecule has 1 heterocycles. The van der Waals surface area contributed by atoms with E-state index in [1.54, 1.807) is 13.8 Å². The lowest BCUT2D eigenvalue weighted by molar-refractivity contribution is -0.263. The quantitative estimate of drug-likeness (QED) is 0.584. The summed E-state index contributed by atoms with van der Waals surface area (Å²) in [7, 11) is 1.52. The Hall–Kier alpha value is -0.160. The van der Waals surface area contributed by atoms with Crippen molar-refractivity contribution in [3.63, 3.8) is 0 Å². The van der Waals surface area contributed by atoms with Crippen LogP contribution in [0.4, 0.5) is 0 Å². The van der Waals surface area contributed by atoms with Gasteiger partial charge in [-0.05, 0) is 13.8 Å². The first-order valence-corrected chi connectivity index (χ1v) is 4.06. The van der Waals surface area contributed by atoms with Gasteiger partial charge in [0.1, 0.15) is 6.10 Å². The maximum atomic E-state index is 9.65. The van der Waals surface area contributed by atoms with Crippen LogP contribution in [0.25, 0.3) is 0 Å². The van der Waals surface area contributed by atoms with Gasteiger partial charge in [0, 0.05) is 13.5 Å². The third kappa shape index (κ3) is 1.61. The van der Waals surface area contributed by atoms with Gasteiger partial charge >= 0.3 is 0 Å². The number of methoxy groups -OCH3 is 1. The molecule has 72 valence electrons. The second kappa shape index (κ2) is 3.30. The number of rotatable bonds is 1. The maximum absolute atomic E-state index is 9.65. The number of ether oxygens (including phenoxy) is 2. The molecule has 0 aromatic rings. The second-order valence-electron chi connectivity index (χ2n) is 3.46. The van der Waals surface area contributed by atoms with Gasteiger partial charge in [-0.2, -0.15) is 0 Å². The van der Waals surface area contributed by atoms with Crippen LogP contribution in [0, 0.1) is 0 Å². The van der Waals surface area contributed by atoms with Crippen molar-refractivity contribution < 1.29 is 19.7 Å². The van der Waals surface area contributed by atoms with Gasteiger partial charge in [-0.15, -0.1) is 0 Å². The zero-order valence-corrected chi connectivity index (χ0v) is 7.65. The van der Waals surface area contributed by atoms with Gasteiger partial charge in [0.05, 0.1) is 11.7 Å². The molecule has 1 aliphatic rings. The van der Waals surface area contributed by atoms with Crippen LogP contribution in [-0.4, -0.2) is 41.4 Å². The van der Waals surface area contributed by atoms with Gasteiger partial charge in [-0.3, -0.25) is 0 Å². The van der Waals surface area contributed by atoms with E-state index in [-0.39, 0.29) is 0 Å². The van der Waals surface area contributed by atoms with Crippen molar-refractivity contribution in [2.75, 3.05) is 7.11 Å². The highest BCUT2D eigenvalue weighted by Crippen LogP contribution is 2.30. The van der Waals surface area contributed by atoms with Crippen LogP contribution in [0.15, 0.2) is 0 Å². The molecular formula is C8H16O4. The SMILES string of the molecule is COC1(C)CC(O)OC(C)[C@H]1O. The average molecular weight is 176 g/mol. The number of aliphatic hydroxyl groups is 2. The van der Waals surface area contributed by atoms with Crippen LogP contribution in [0.5, 0.6) is 0 Å². The third-order valence-corrected chi connectivity index (χ3v) is 2.49. The highest BCUT2D eigenvalue weighted by molar-refractivity contribution is 4.91. The fourth-order valence-electron chi connectivity index (χ4n) is 1.54. The lowest BCUT2D eigenvalue weighted by atomic mass is 9.89. The van der Waals surface area contributed by atoms with Gasteiger partial charge < -0.3 is 19.7 Å². The van der Waals surface area contributed by atoms with Gasteiger partial charge in [-0.25, -0.2) is 0 Å². The van der Waals surface area contributed by atoms with E-state index in [1.165, 1.54) is 7.11 Å². The molecule has 0 amide bonds. The molecule has 0 spiro atoms. The van der Waals surface area contributed by atoms with Crippen molar-refractivity contribution in [3.8, 4) is 0 Å². The van der Waals surface area contributed by atoms with Crippen molar-refractivity contribution in [2.24, 2.45) is 0 Å². The van der Waals surface area contributed by atoms with Crippen LogP contribution in [0.3, 0.4) is 0 Å². The standard InChI is InChI=1S/C8H16O4/c1-5-7(10)8(2,11-3)4-6(9)12-5/h5-7,9-10H,4H2,1-3H3/t5?,6?,7-,8?/m1/s1. The first-order chi connectivity index (χ1) is 5.49. The molecule has 0 aromatic heterocycles. The van der Waals surface area contributed by atoms with Gasteiger partial charge in [0.15, 0.2) is 6.29 Å². The zero-order chi connectivity index (χ0) is 9.35. The topological polar surface area (TPSA) is 58.9 Å². The lowest BCUT2D eigenvalue weighted by Gasteiger charge is -2.42. The molecule has 4 nitrogen and oxygen atoms in total. The smallest absolute Gasteiger partial charge is 0.157 e. The Morgan fingerprint density at radius 1 is 1.50 bits per heavy atom. The van der Waals surface area contributed by atoms with Gasteiger partial charge in [0.25, 0.3) is 0 Å². The Bertz CT molecular complexity index is 161. The summed E-state index contributed by atoms with van der Waals surface area (Å²) in [6.45, 7) is 3.48. The fourth-order valence-corrected chi connectivity index (χ4v) is 1.54. The minimum atomic E-state index is -0.839. The van der Waals surface area contributed by atoms with E-state index in [9.17, 15) is 10.2 Å². The fraction of sp³-hybridized carbons (Fsp3) is 1.00. The lowest BCUT2D eigenvalue weighted by Crippen LogP contribution is -2.55. The normalized spacial score (nSPS) is 49.2. The second-order valence-corrected chi connectivity index (χ2v) is 3.46. The van der Waals surface area contributed by atoms with E-state index in [1.807, 2.05) is 0 Å². The summed E-state index contributed by atoms with van der Waals surface area (Å²) in [5.41, 5.74) is -0.697. The van der Waals surface area contributed by atoms with Crippen LogP contribution < -0.4 is 0 Å². The molecule has 1 fully saturated rings. The summed E-state index contributed by atoms with van der Waals surface area (Å²) in [6.07, 6.45) is -1.62. The monoisotopic (exact) mass is 176 g/mol. The molecule has 0 aromatic carbocycles. The van der Waals surface area contributed by atoms with Crippen LogP contribution in [0.2, 0.25) is 0 Å². The summed E-state index contributed by atoms with van der Waals surface area (Å²) in [5.74, 6) is 0. The Balaban J connectivity index is 2.72. The van der Waals surface area contributed by atoms with Crippen LogP contribution in [-0.2, 0) is 9.47 Å². The molecule has 0 bridgehead atoms. The van der Waals surface area contributed by atoms with Crippen molar-refractivity contribution in [2.45, 2.75) is 44.4 Å². The number of hydrogen-bond donors (Lipinski definition) is 2. The van der Waals surface area contributed by atoms with Crippen LogP contribution >= 0.6 is 0 Å². The summed E-state index contributed by atoms with van der Waals surface area (Å²) in [4.78, 5) is 0. The minimum Gasteiger partial charge on any atom is -0.387 e. The Morgan fingerprint density at radius 3 is 2.58 bits per heavy atom. The summed E-state index contributed by atoms with van der Waals surface area (Å²) >= 11 is 0. The van der Waals surface area contributed by atoms with Crippen molar-refractivity contribution in [1.82, 2.24) is 0 Å². The van der Waals surface area contributed by atoms with E-state index in [2.05, 4.69) is 0 Å². The highest BCUT2D eigenvalue weighted by atomic mass is 16.6. The van der Waals surface area contributed by atoms with E-state index in [0.717, 1.165) is 0 Å². The largest absolute Gasteiger partial charge is 0.387 e. The maximum Gasteiger partial charge on any atom is 0.157 e. The molecule has 2 N–H and O–H groups in total. The molecule has 12 heavy (non-hydrogen) atoms. The Kier molecular flexibility index (Phi) is 2.73. The molecule has 1 aliphatic heterocycles. The molecule has 1 rings (SSSR count). The molecule has 4 heteroatoms. The van der Waals surface area contributed by atoms with Crippen LogP contribution in [0.1, 0.15) is 20.3 Å². The van der Waals surface area contributed by atoms with E-state index in [0.29, 0.717) is 6.42 Å². The zero-order valence-electron chi connectivity index (χ0n) is 7.65. The molecule has 0 radical (unpaired) electrons. The Labute approximate surface area is 72.1 Å². The number of aliphatic hydroxyl groups excluding tert-OH is 2. The summed E-state index contributed by atoms with van der Waals surface area (Å²) in [6, 6.07) is 0. The molecule has 0 aliphatic carbocycles. The molecule has 4 atom stereocenters. The molecule has 0 saturated carbocycles. The highest BCUT2D eigenvalue weighted by Gasteiger charge is 2.44. The Morgan fingerprint density at radius 2 is 2.08 bits per heavy atom. The van der Waals surface area contributed by atoms with Gasteiger partial charge in [-0.1, -0.05) is 0 Å². The third-order valence-electron chi connectivity index (χ3n) is 2.49. The minimum absolute atomic E-state index is 0.301. The molecular weight excluding hydrogens is 160 g/mol. The van der Waals surface area contributed by atoms with E-state index in [4.69, 9.17) is 9.47 Å². The molecule has 1 saturated heterocycles. The first-order valence-electron chi connectivity index (χ1n) is 4.06. The van der Waals surface area contributed by atoms with E-state index >= 15 is 0 Å². The van der Waals surface area contributed by atoms with Crippen molar-refractivity contribution in [1.29, 1.82) is 0 Å². The summed E-state index contributed by atoms with van der Waals surface area (Å²) in [5, 5.41) is 18.9. The van der Waals surface area contributed by atoms with Gasteiger partial charge in [0.2, 0.25) is 0 Å². The van der Waals surface area contributed by atoms with Crippen molar-refractivity contribution in [3.05, 3.63) is 0 Å². The molecule has 3 unspecified atom stereocenters. The number of hydrogen-bond acceptors (Lipinski definition) is 4. The average Bonchev–Trinajstić information content (AvgIpc) is 2.00. The summed E-state index contributed by atoms with van der Waals surface area (Å²) < 4.78 is 10.2. The predicted molar refractivity (Wildman–Crippen MR) is 42.6 cm³/mol.